The molecule has 0 heterocycles. The van der Waals surface area contributed by atoms with Crippen LogP contribution in [0.2, 0.25) is 0 Å². The van der Waals surface area contributed by atoms with Crippen molar-refractivity contribution in [3.63, 3.8) is 0 Å². The number of nitrogens with two attached hydrogens (primary N) is 1. The van der Waals surface area contributed by atoms with Crippen molar-refractivity contribution in [1.82, 2.24) is 16.0 Å². The zero-order valence-electron chi connectivity index (χ0n) is 12.4. The first kappa shape index (κ1) is 20.8. The second-order valence-electron chi connectivity index (χ2n) is 4.45. The highest BCUT2D eigenvalue weighted by molar-refractivity contribution is 5.94. The maximum atomic E-state index is 12.7. The molecule has 1 rings (SSSR count). The maximum absolute atomic E-state index is 12.7. The van der Waals surface area contributed by atoms with Gasteiger partial charge < -0.3 is 21.7 Å². The highest BCUT2D eigenvalue weighted by Gasteiger charge is 2.05. The lowest BCUT2D eigenvalue weighted by Crippen LogP contribution is -2.40. The van der Waals surface area contributed by atoms with E-state index in [-0.39, 0.29) is 37.3 Å². The first-order valence-corrected chi connectivity index (χ1v) is 6.80. The quantitative estimate of drug-likeness (QED) is 0.478. The summed E-state index contributed by atoms with van der Waals surface area (Å²) in [7, 11) is 0. The van der Waals surface area contributed by atoms with Crippen molar-refractivity contribution in [3.05, 3.63) is 35.6 Å². The van der Waals surface area contributed by atoms with Crippen molar-refractivity contribution < 1.29 is 18.8 Å². The van der Waals surface area contributed by atoms with Gasteiger partial charge in [-0.25, -0.2) is 4.39 Å². The Morgan fingerprint density at radius 2 is 1.57 bits per heavy atom. The first-order valence-electron chi connectivity index (χ1n) is 6.80. The number of rotatable bonds is 8. The molecule has 0 aromatic heterocycles. The van der Waals surface area contributed by atoms with Crippen molar-refractivity contribution in [2.75, 3.05) is 26.2 Å². The summed E-state index contributed by atoms with van der Waals surface area (Å²) in [4.78, 5) is 33.8. The molecule has 7 nitrogen and oxygen atoms in total. The molecule has 0 saturated heterocycles. The van der Waals surface area contributed by atoms with Gasteiger partial charge in [-0.15, -0.1) is 12.4 Å². The van der Waals surface area contributed by atoms with Gasteiger partial charge in [-0.2, -0.15) is 0 Å². The molecule has 0 unspecified atom stereocenters. The first-order chi connectivity index (χ1) is 10.5. The van der Waals surface area contributed by atoms with E-state index >= 15 is 0 Å². The maximum Gasteiger partial charge on any atom is 0.251 e. The van der Waals surface area contributed by atoms with Crippen LogP contribution in [0.4, 0.5) is 4.39 Å². The molecule has 23 heavy (non-hydrogen) atoms. The van der Waals surface area contributed by atoms with E-state index < -0.39 is 11.7 Å². The fourth-order valence-electron chi connectivity index (χ4n) is 1.53. The Hall–Kier alpha value is -2.19. The number of hydrogen-bond donors (Lipinski definition) is 4. The van der Waals surface area contributed by atoms with Gasteiger partial charge >= 0.3 is 0 Å². The van der Waals surface area contributed by atoms with Crippen molar-refractivity contribution in [1.29, 1.82) is 0 Å². The number of nitrogens with one attached hydrogen (secondary N) is 3. The number of carbonyl (C=O) groups is 3. The van der Waals surface area contributed by atoms with Crippen LogP contribution < -0.4 is 21.7 Å². The molecule has 9 heteroatoms. The average molecular weight is 347 g/mol. The van der Waals surface area contributed by atoms with E-state index in [1.54, 1.807) is 0 Å². The fraction of sp³-hybridized carbons (Fsp3) is 0.357. The van der Waals surface area contributed by atoms with Gasteiger partial charge in [-0.1, -0.05) is 0 Å². The van der Waals surface area contributed by atoms with Crippen LogP contribution in [-0.2, 0) is 9.59 Å². The lowest BCUT2D eigenvalue weighted by Gasteiger charge is -2.07. The zero-order chi connectivity index (χ0) is 16.4. The summed E-state index contributed by atoms with van der Waals surface area (Å²) in [5.74, 6) is -1.43. The third-order valence-corrected chi connectivity index (χ3v) is 2.70. The molecular formula is C14H20ClFN4O3. The molecule has 0 aliphatic heterocycles. The Kier molecular flexibility index (Phi) is 10.3. The second kappa shape index (κ2) is 11.4. The molecule has 3 amide bonds. The van der Waals surface area contributed by atoms with Gasteiger partial charge in [0.05, 0.1) is 13.1 Å². The lowest BCUT2D eigenvalue weighted by molar-refractivity contribution is -0.125. The van der Waals surface area contributed by atoms with Gasteiger partial charge in [0, 0.05) is 18.7 Å². The van der Waals surface area contributed by atoms with E-state index in [1.165, 1.54) is 24.3 Å². The summed E-state index contributed by atoms with van der Waals surface area (Å²) in [5, 5.41) is 7.58. The van der Waals surface area contributed by atoms with E-state index in [2.05, 4.69) is 16.0 Å². The summed E-state index contributed by atoms with van der Waals surface area (Å²) < 4.78 is 12.7. The summed E-state index contributed by atoms with van der Waals surface area (Å²) in [6.07, 6.45) is 0.531. The average Bonchev–Trinajstić information content (AvgIpc) is 2.52. The van der Waals surface area contributed by atoms with E-state index in [0.29, 0.717) is 25.1 Å². The Morgan fingerprint density at radius 1 is 0.957 bits per heavy atom. The van der Waals surface area contributed by atoms with Crippen LogP contribution in [0.3, 0.4) is 0 Å². The minimum Gasteiger partial charge on any atom is -0.355 e. The molecular weight excluding hydrogens is 327 g/mol. The molecule has 0 spiro atoms. The predicted octanol–water partition coefficient (Wildman–Crippen LogP) is -0.441. The highest BCUT2D eigenvalue weighted by atomic mass is 35.5. The zero-order valence-corrected chi connectivity index (χ0v) is 13.2. The molecule has 128 valence electrons. The smallest absolute Gasteiger partial charge is 0.251 e. The fourth-order valence-corrected chi connectivity index (χ4v) is 1.53. The van der Waals surface area contributed by atoms with Gasteiger partial charge in [0.25, 0.3) is 5.91 Å². The van der Waals surface area contributed by atoms with Gasteiger partial charge in [0.2, 0.25) is 11.8 Å². The van der Waals surface area contributed by atoms with E-state index in [4.69, 9.17) is 5.73 Å². The molecule has 0 aliphatic carbocycles. The van der Waals surface area contributed by atoms with Crippen LogP contribution in [-0.4, -0.2) is 43.9 Å². The van der Waals surface area contributed by atoms with E-state index in [1.807, 2.05) is 0 Å². The highest BCUT2D eigenvalue weighted by Crippen LogP contribution is 2.02. The molecule has 5 N–H and O–H groups in total. The summed E-state index contributed by atoms with van der Waals surface area (Å²) in [6, 6.07) is 5.22. The van der Waals surface area contributed by atoms with Crippen molar-refractivity contribution in [2.24, 2.45) is 5.73 Å². The third-order valence-electron chi connectivity index (χ3n) is 2.70. The van der Waals surface area contributed by atoms with Crippen LogP contribution in [0.15, 0.2) is 24.3 Å². The normalized spacial score (nSPS) is 9.48. The Balaban J connectivity index is 0.00000484. The third kappa shape index (κ3) is 8.74. The molecule has 0 fully saturated rings. The van der Waals surface area contributed by atoms with Crippen LogP contribution in [0.1, 0.15) is 16.8 Å². The number of amides is 3. The molecule has 0 saturated carbocycles. The number of hydrogen-bond acceptors (Lipinski definition) is 4. The molecule has 0 atom stereocenters. The Bertz CT molecular complexity index is 525. The summed E-state index contributed by atoms with van der Waals surface area (Å²) >= 11 is 0. The molecule has 0 aliphatic rings. The van der Waals surface area contributed by atoms with Crippen LogP contribution in [0.25, 0.3) is 0 Å². The Labute approximate surface area is 139 Å². The molecule has 1 aromatic carbocycles. The summed E-state index contributed by atoms with van der Waals surface area (Å²) in [5.41, 5.74) is 5.45. The van der Waals surface area contributed by atoms with Crippen molar-refractivity contribution in [2.45, 2.75) is 6.42 Å². The minimum absolute atomic E-state index is 0. The monoisotopic (exact) mass is 346 g/mol. The topological polar surface area (TPSA) is 113 Å². The largest absolute Gasteiger partial charge is 0.355 e. The van der Waals surface area contributed by atoms with Crippen LogP contribution >= 0.6 is 12.4 Å². The van der Waals surface area contributed by atoms with Crippen molar-refractivity contribution >= 4 is 30.1 Å². The molecule has 0 radical (unpaired) electrons. The van der Waals surface area contributed by atoms with E-state index in [9.17, 15) is 18.8 Å². The van der Waals surface area contributed by atoms with E-state index in [0.717, 1.165) is 0 Å². The Morgan fingerprint density at radius 3 is 2.17 bits per heavy atom. The molecule has 1 aromatic rings. The minimum atomic E-state index is -0.402. The van der Waals surface area contributed by atoms with Gasteiger partial charge in [-0.3, -0.25) is 14.4 Å². The predicted molar refractivity (Wildman–Crippen MR) is 85.7 cm³/mol. The lowest BCUT2D eigenvalue weighted by atomic mass is 10.2. The number of benzene rings is 1. The van der Waals surface area contributed by atoms with Gasteiger partial charge in [0.1, 0.15) is 5.82 Å². The van der Waals surface area contributed by atoms with Gasteiger partial charge in [-0.05, 0) is 30.7 Å². The van der Waals surface area contributed by atoms with Gasteiger partial charge in [0.15, 0.2) is 0 Å². The van der Waals surface area contributed by atoms with Crippen LogP contribution in [0.5, 0.6) is 0 Å². The molecule has 0 bridgehead atoms. The van der Waals surface area contributed by atoms with Crippen molar-refractivity contribution in [3.8, 4) is 0 Å². The number of carbonyl (C=O) groups excluding carboxylic acids is 3. The van der Waals surface area contributed by atoms with Crippen LogP contribution in [0, 0.1) is 5.82 Å². The second-order valence-corrected chi connectivity index (χ2v) is 4.45. The standard InChI is InChI=1S/C14H19FN4O3.ClH/c15-11-4-2-10(3-5-11)14(22)18-7-1-6-17-13(21)9-19-12(20)8-16;/h2-5H,1,6-9,16H2,(H,17,21)(H,18,22)(H,19,20);1H. The summed E-state index contributed by atoms with van der Waals surface area (Å²) in [6.45, 7) is 0.438. The number of halogens is 2. The SMILES string of the molecule is Cl.NCC(=O)NCC(=O)NCCCNC(=O)c1ccc(F)cc1.